The SMILES string of the molecule is N#Cc1ccc(N2C(=O)C3(CCC3)N(c3ccc(CCCCN)cc3)C2=S)cc1C(F)(F)F. The second kappa shape index (κ2) is 8.76. The zero-order valence-electron chi connectivity index (χ0n) is 17.9. The molecule has 2 aliphatic rings. The Labute approximate surface area is 195 Å². The van der Waals surface area contributed by atoms with E-state index in [1.54, 1.807) is 11.0 Å². The van der Waals surface area contributed by atoms with Crippen molar-refractivity contribution in [2.24, 2.45) is 5.73 Å². The van der Waals surface area contributed by atoms with Crippen molar-refractivity contribution in [2.75, 3.05) is 16.3 Å². The van der Waals surface area contributed by atoms with Gasteiger partial charge in [0.1, 0.15) is 5.54 Å². The summed E-state index contributed by atoms with van der Waals surface area (Å²) in [6, 6.07) is 12.6. The molecular weight excluding hydrogens is 449 g/mol. The summed E-state index contributed by atoms with van der Waals surface area (Å²) in [6.45, 7) is 0.645. The molecule has 33 heavy (non-hydrogen) atoms. The smallest absolute Gasteiger partial charge is 0.330 e. The maximum Gasteiger partial charge on any atom is 0.417 e. The second-order valence-corrected chi connectivity index (χ2v) is 8.76. The molecule has 5 nitrogen and oxygen atoms in total. The molecule has 1 saturated carbocycles. The lowest BCUT2D eigenvalue weighted by Crippen LogP contribution is -2.55. The Hall–Kier alpha value is -2.96. The number of benzene rings is 2. The van der Waals surface area contributed by atoms with Crippen molar-refractivity contribution < 1.29 is 18.0 Å². The van der Waals surface area contributed by atoms with Crippen LogP contribution in [0.15, 0.2) is 42.5 Å². The van der Waals surface area contributed by atoms with Crippen LogP contribution < -0.4 is 15.5 Å². The minimum atomic E-state index is -4.72. The third-order valence-corrected chi connectivity index (χ3v) is 6.76. The summed E-state index contributed by atoms with van der Waals surface area (Å²) in [4.78, 5) is 16.5. The first-order valence-electron chi connectivity index (χ1n) is 10.8. The molecule has 1 aliphatic carbocycles. The number of carbonyl (C=O) groups excluding carboxylic acids is 1. The number of carbonyl (C=O) groups is 1. The van der Waals surface area contributed by atoms with Gasteiger partial charge in [-0.1, -0.05) is 12.1 Å². The van der Waals surface area contributed by atoms with Crippen molar-refractivity contribution >= 4 is 34.6 Å². The summed E-state index contributed by atoms with van der Waals surface area (Å²) in [7, 11) is 0. The predicted molar refractivity (Wildman–Crippen MR) is 124 cm³/mol. The van der Waals surface area contributed by atoms with Crippen LogP contribution in [0.1, 0.15) is 48.8 Å². The van der Waals surface area contributed by atoms with E-state index >= 15 is 0 Å². The number of halogens is 3. The van der Waals surface area contributed by atoms with Gasteiger partial charge in [0, 0.05) is 5.69 Å². The first-order valence-corrected chi connectivity index (χ1v) is 11.2. The molecule has 0 aromatic heterocycles. The fraction of sp³-hybridized carbons (Fsp3) is 0.375. The zero-order valence-corrected chi connectivity index (χ0v) is 18.7. The molecule has 1 aliphatic heterocycles. The van der Waals surface area contributed by atoms with E-state index in [1.165, 1.54) is 11.0 Å². The van der Waals surface area contributed by atoms with E-state index in [-0.39, 0.29) is 16.7 Å². The van der Waals surface area contributed by atoms with Gasteiger partial charge in [0.2, 0.25) is 0 Å². The van der Waals surface area contributed by atoms with E-state index in [4.69, 9.17) is 23.2 Å². The molecule has 2 aromatic rings. The third-order valence-electron chi connectivity index (χ3n) is 6.39. The fourth-order valence-electron chi connectivity index (χ4n) is 4.50. The average molecular weight is 473 g/mol. The zero-order chi connectivity index (χ0) is 23.8. The molecule has 4 rings (SSSR count). The fourth-order valence-corrected chi connectivity index (χ4v) is 4.97. The van der Waals surface area contributed by atoms with Gasteiger partial charge in [-0.15, -0.1) is 0 Å². The average Bonchev–Trinajstić information content (AvgIpc) is 3.00. The largest absolute Gasteiger partial charge is 0.417 e. The standard InChI is InChI=1S/C24H23F3N4OS/c25-24(26,27)20-14-19(10-7-17(20)15-29)30-21(32)23(11-3-12-23)31(22(30)33)18-8-5-16(6-9-18)4-1-2-13-28/h5-10,14H,1-4,11-13,28H2. The summed E-state index contributed by atoms with van der Waals surface area (Å²) in [6.07, 6.45) is 0.0649. The number of rotatable bonds is 6. The number of anilines is 2. The molecule has 1 spiro atoms. The molecular formula is C24H23F3N4OS. The number of hydrogen-bond acceptors (Lipinski definition) is 4. The first kappa shape index (κ1) is 23.2. The summed E-state index contributed by atoms with van der Waals surface area (Å²) < 4.78 is 40.5. The van der Waals surface area contributed by atoms with Crippen LogP contribution in [-0.4, -0.2) is 23.1 Å². The Balaban J connectivity index is 1.69. The lowest BCUT2D eigenvalue weighted by molar-refractivity contribution is -0.137. The van der Waals surface area contributed by atoms with Crippen molar-refractivity contribution in [3.8, 4) is 6.07 Å². The predicted octanol–water partition coefficient (Wildman–Crippen LogP) is 4.92. The number of nitrogens with zero attached hydrogens (tertiary/aromatic N) is 3. The lowest BCUT2D eigenvalue weighted by Gasteiger charge is -2.43. The van der Waals surface area contributed by atoms with Crippen LogP contribution in [0.5, 0.6) is 0 Å². The number of nitrogens with two attached hydrogens (primary N) is 1. The van der Waals surface area contributed by atoms with Crippen molar-refractivity contribution in [1.82, 2.24) is 0 Å². The number of thiocarbonyl (C=S) groups is 1. The van der Waals surface area contributed by atoms with Crippen molar-refractivity contribution in [3.05, 3.63) is 59.2 Å². The number of hydrogen-bond donors (Lipinski definition) is 1. The molecule has 1 amide bonds. The first-order chi connectivity index (χ1) is 15.7. The van der Waals surface area contributed by atoms with E-state index in [2.05, 4.69) is 0 Å². The highest BCUT2D eigenvalue weighted by molar-refractivity contribution is 7.81. The molecule has 2 fully saturated rings. The van der Waals surface area contributed by atoms with Gasteiger partial charge in [-0.25, -0.2) is 0 Å². The molecule has 1 saturated heterocycles. The van der Waals surface area contributed by atoms with Crippen LogP contribution in [0.3, 0.4) is 0 Å². The number of alkyl halides is 3. The maximum absolute atomic E-state index is 13.5. The molecule has 172 valence electrons. The van der Waals surface area contributed by atoms with Gasteiger partial charge < -0.3 is 10.6 Å². The van der Waals surface area contributed by atoms with Crippen LogP contribution in [0.4, 0.5) is 24.5 Å². The van der Waals surface area contributed by atoms with Gasteiger partial charge in [-0.2, -0.15) is 18.4 Å². The minimum Gasteiger partial charge on any atom is -0.330 e. The van der Waals surface area contributed by atoms with Crippen LogP contribution in [0.2, 0.25) is 0 Å². The number of amides is 1. The Kier molecular flexibility index (Phi) is 6.16. The van der Waals surface area contributed by atoms with E-state index in [0.717, 1.165) is 49.1 Å². The van der Waals surface area contributed by atoms with Crippen LogP contribution in [0, 0.1) is 11.3 Å². The van der Waals surface area contributed by atoms with Gasteiger partial charge >= 0.3 is 6.18 Å². The van der Waals surface area contributed by atoms with E-state index < -0.39 is 22.8 Å². The Bertz CT molecular complexity index is 1120. The van der Waals surface area contributed by atoms with Crippen LogP contribution in [-0.2, 0) is 17.4 Å². The van der Waals surface area contributed by atoms with Gasteiger partial charge in [-0.3, -0.25) is 9.69 Å². The van der Waals surface area contributed by atoms with Crippen molar-refractivity contribution in [3.63, 3.8) is 0 Å². The highest BCUT2D eigenvalue weighted by Gasteiger charge is 2.59. The monoisotopic (exact) mass is 472 g/mol. The Morgan fingerprint density at radius 2 is 1.76 bits per heavy atom. The Morgan fingerprint density at radius 1 is 1.09 bits per heavy atom. The van der Waals surface area contributed by atoms with E-state index in [9.17, 15) is 18.0 Å². The molecule has 0 radical (unpaired) electrons. The van der Waals surface area contributed by atoms with Crippen molar-refractivity contribution in [2.45, 2.75) is 50.2 Å². The van der Waals surface area contributed by atoms with Gasteiger partial charge in [0.15, 0.2) is 5.11 Å². The normalized spacial score (nSPS) is 17.4. The molecule has 2 N–H and O–H groups in total. The second-order valence-electron chi connectivity index (χ2n) is 8.40. The molecule has 1 heterocycles. The van der Waals surface area contributed by atoms with Gasteiger partial charge in [0.25, 0.3) is 5.91 Å². The lowest BCUT2D eigenvalue weighted by atomic mass is 9.75. The topological polar surface area (TPSA) is 73.4 Å². The molecule has 9 heteroatoms. The highest BCUT2D eigenvalue weighted by Crippen LogP contribution is 2.48. The molecule has 0 atom stereocenters. The molecule has 0 unspecified atom stereocenters. The third kappa shape index (κ3) is 3.98. The summed E-state index contributed by atoms with van der Waals surface area (Å²) in [5.74, 6) is -0.330. The Morgan fingerprint density at radius 3 is 2.30 bits per heavy atom. The van der Waals surface area contributed by atoms with Gasteiger partial charge in [0.05, 0.1) is 22.9 Å². The van der Waals surface area contributed by atoms with E-state index in [1.807, 2.05) is 24.3 Å². The molecule has 0 bridgehead atoms. The van der Waals surface area contributed by atoms with Crippen molar-refractivity contribution in [1.29, 1.82) is 5.26 Å². The van der Waals surface area contributed by atoms with E-state index in [0.29, 0.717) is 19.4 Å². The summed E-state index contributed by atoms with van der Waals surface area (Å²) >= 11 is 5.64. The number of unbranched alkanes of at least 4 members (excludes halogenated alkanes) is 1. The highest BCUT2D eigenvalue weighted by atomic mass is 32.1. The van der Waals surface area contributed by atoms with Crippen LogP contribution in [0.25, 0.3) is 0 Å². The number of nitriles is 1. The maximum atomic E-state index is 13.5. The molecule has 2 aromatic carbocycles. The number of aryl methyl sites for hydroxylation is 1. The summed E-state index contributed by atoms with van der Waals surface area (Å²) in [5.41, 5.74) is 4.99. The van der Waals surface area contributed by atoms with Gasteiger partial charge in [-0.05, 0) is 93.2 Å². The minimum absolute atomic E-state index is 0.0171. The summed E-state index contributed by atoms with van der Waals surface area (Å²) in [5, 5.41) is 9.23. The van der Waals surface area contributed by atoms with Crippen LogP contribution >= 0.6 is 12.2 Å². The quantitative estimate of drug-likeness (QED) is 0.477.